The van der Waals surface area contributed by atoms with Crippen LogP contribution in [-0.2, 0) is 4.79 Å². The van der Waals surface area contributed by atoms with Crippen LogP contribution in [-0.4, -0.2) is 46.3 Å². The number of methoxy groups -OCH3 is 1. The molecule has 1 amide bonds. The van der Waals surface area contributed by atoms with Crippen LogP contribution in [0.2, 0.25) is 0 Å². The fraction of sp³-hybridized carbons (Fsp3) is 0.250. The molecule has 0 bridgehead atoms. The van der Waals surface area contributed by atoms with Gasteiger partial charge in [-0.15, -0.1) is 0 Å². The molecule has 2 aromatic heterocycles. The quantitative estimate of drug-likeness (QED) is 0.396. The third-order valence-corrected chi connectivity index (χ3v) is 5.68. The average Bonchev–Trinajstić information content (AvgIpc) is 3.24. The van der Waals surface area contributed by atoms with Gasteiger partial charge in [0.2, 0.25) is 0 Å². The lowest BCUT2D eigenvalue weighted by molar-refractivity contribution is -0.128. The van der Waals surface area contributed by atoms with Crippen molar-refractivity contribution in [3.05, 3.63) is 76.9 Å². The minimum Gasteiger partial charge on any atom is -0.496 e. The highest BCUT2D eigenvalue weighted by molar-refractivity contribution is 6.45. The number of ether oxygens (including phenoxy) is 1. The van der Waals surface area contributed by atoms with Crippen molar-refractivity contribution in [1.29, 1.82) is 0 Å². The second-order valence-corrected chi connectivity index (χ2v) is 7.50. The largest absolute Gasteiger partial charge is 0.496 e. The highest BCUT2D eigenvalue weighted by Crippen LogP contribution is 2.32. The van der Waals surface area contributed by atoms with E-state index >= 15 is 0 Å². The second kappa shape index (κ2) is 8.44. The van der Waals surface area contributed by atoms with Crippen LogP contribution >= 0.6 is 0 Å². The van der Waals surface area contributed by atoms with Crippen LogP contribution in [0, 0.1) is 6.57 Å². The Morgan fingerprint density at radius 1 is 1.26 bits per heavy atom. The zero-order valence-electron chi connectivity index (χ0n) is 17.4. The van der Waals surface area contributed by atoms with Gasteiger partial charge in [0.1, 0.15) is 11.4 Å². The summed E-state index contributed by atoms with van der Waals surface area (Å²) in [5, 5.41) is 0.507. The first-order valence-corrected chi connectivity index (χ1v) is 10.1. The molecule has 1 unspecified atom stereocenters. The highest BCUT2D eigenvalue weighted by atomic mass is 16.5. The molecule has 1 atom stereocenters. The Morgan fingerprint density at radius 2 is 2.03 bits per heavy atom. The van der Waals surface area contributed by atoms with Crippen molar-refractivity contribution in [2.24, 2.45) is 0 Å². The molecule has 0 spiro atoms. The number of aromatic amines is 1. The lowest BCUT2D eigenvalue weighted by Crippen LogP contribution is -2.46. The van der Waals surface area contributed by atoms with E-state index in [1.807, 2.05) is 37.3 Å². The van der Waals surface area contributed by atoms with E-state index in [0.29, 0.717) is 41.9 Å². The van der Waals surface area contributed by atoms with E-state index in [1.165, 1.54) is 13.3 Å². The number of carbonyl (C=O) groups is 2. The van der Waals surface area contributed by atoms with Crippen LogP contribution < -0.4 is 4.74 Å². The number of hydrogen-bond donors (Lipinski definition) is 1. The number of benzene rings is 1. The molecule has 4 rings (SSSR count). The molecule has 3 aromatic rings. The van der Waals surface area contributed by atoms with E-state index in [1.54, 1.807) is 17.2 Å². The maximum atomic E-state index is 13.1. The highest BCUT2D eigenvalue weighted by Gasteiger charge is 2.33. The number of Topliss-reactive ketones (excluding diaryl/α,β-unsaturated/α-hetero) is 1. The van der Waals surface area contributed by atoms with Crippen molar-refractivity contribution >= 4 is 28.4 Å². The summed E-state index contributed by atoms with van der Waals surface area (Å²) in [6.45, 7) is 9.93. The van der Waals surface area contributed by atoms with Gasteiger partial charge in [-0.2, -0.15) is 0 Å². The summed E-state index contributed by atoms with van der Waals surface area (Å²) in [6, 6.07) is 11.0. The van der Waals surface area contributed by atoms with Crippen LogP contribution in [0.3, 0.4) is 0 Å². The SMILES string of the molecule is [C-]#[N+]/C(=C1\CCN(C(=O)C(=O)c2c[nH]c3nccc(OC)c23)C(C)C1)c1ccccc1. The van der Waals surface area contributed by atoms with E-state index in [-0.39, 0.29) is 11.6 Å². The van der Waals surface area contributed by atoms with Gasteiger partial charge >= 0.3 is 0 Å². The molecule has 1 aromatic carbocycles. The molecule has 1 fully saturated rings. The number of aromatic nitrogens is 2. The molecule has 0 saturated carbocycles. The van der Waals surface area contributed by atoms with Gasteiger partial charge in [-0.1, -0.05) is 35.9 Å². The molecule has 1 saturated heterocycles. The zero-order chi connectivity index (χ0) is 22.0. The zero-order valence-corrected chi connectivity index (χ0v) is 17.4. The van der Waals surface area contributed by atoms with Crippen molar-refractivity contribution in [1.82, 2.24) is 14.9 Å². The first-order valence-electron chi connectivity index (χ1n) is 10.1. The molecule has 0 aliphatic carbocycles. The van der Waals surface area contributed by atoms with Gasteiger partial charge in [-0.3, -0.25) is 9.59 Å². The van der Waals surface area contributed by atoms with Gasteiger partial charge in [0.15, 0.2) is 5.70 Å². The molecular formula is C24H22N4O3. The van der Waals surface area contributed by atoms with Crippen molar-refractivity contribution in [3.63, 3.8) is 0 Å². The molecule has 31 heavy (non-hydrogen) atoms. The van der Waals surface area contributed by atoms with Crippen molar-refractivity contribution in [2.45, 2.75) is 25.8 Å². The number of H-pyrrole nitrogens is 1. The van der Waals surface area contributed by atoms with Crippen LogP contribution in [0.4, 0.5) is 0 Å². The summed E-state index contributed by atoms with van der Waals surface area (Å²) in [6.07, 6.45) is 4.21. The van der Waals surface area contributed by atoms with E-state index < -0.39 is 11.7 Å². The number of nitrogens with one attached hydrogen (secondary N) is 1. The minimum absolute atomic E-state index is 0.189. The molecule has 1 N–H and O–H groups in total. The summed E-state index contributed by atoms with van der Waals surface area (Å²) in [7, 11) is 1.51. The number of carbonyl (C=O) groups excluding carboxylic acids is 2. The van der Waals surface area contributed by atoms with Gasteiger partial charge < -0.3 is 14.6 Å². The standard InChI is InChI=1S/C24H22N4O3/c1-15-13-17(21(25-2)16-7-5-4-6-8-16)10-12-28(15)24(30)22(29)18-14-27-23-20(18)19(31-3)9-11-26-23/h4-9,11,14-15H,10,12-13H2,1,3H3,(H,26,27)/b21-17+. The summed E-state index contributed by atoms with van der Waals surface area (Å²) >= 11 is 0. The molecule has 1 aliphatic rings. The number of likely N-dealkylation sites (tertiary alicyclic amines) is 1. The smallest absolute Gasteiger partial charge is 0.295 e. The van der Waals surface area contributed by atoms with E-state index in [2.05, 4.69) is 14.8 Å². The fourth-order valence-corrected chi connectivity index (χ4v) is 4.13. The van der Waals surface area contributed by atoms with E-state index in [9.17, 15) is 9.59 Å². The van der Waals surface area contributed by atoms with Crippen LogP contribution in [0.5, 0.6) is 5.75 Å². The molecule has 1 aliphatic heterocycles. The Balaban J connectivity index is 1.58. The van der Waals surface area contributed by atoms with Crippen LogP contribution in [0.25, 0.3) is 21.6 Å². The molecular weight excluding hydrogens is 392 g/mol. The Labute approximate surface area is 180 Å². The van der Waals surface area contributed by atoms with Crippen molar-refractivity contribution in [2.75, 3.05) is 13.7 Å². The third-order valence-electron chi connectivity index (χ3n) is 5.68. The van der Waals surface area contributed by atoms with Gasteiger partial charge in [0, 0.05) is 25.0 Å². The summed E-state index contributed by atoms with van der Waals surface area (Å²) < 4.78 is 5.35. The normalized spacial score (nSPS) is 17.8. The Bertz CT molecular complexity index is 1220. The number of piperidine rings is 1. The molecule has 7 heteroatoms. The Kier molecular flexibility index (Phi) is 5.54. The maximum absolute atomic E-state index is 13.1. The second-order valence-electron chi connectivity index (χ2n) is 7.50. The van der Waals surface area contributed by atoms with Gasteiger partial charge in [0.25, 0.3) is 11.7 Å². The van der Waals surface area contributed by atoms with Crippen molar-refractivity contribution in [3.8, 4) is 5.75 Å². The molecule has 3 heterocycles. The lowest BCUT2D eigenvalue weighted by Gasteiger charge is -2.35. The Morgan fingerprint density at radius 3 is 2.71 bits per heavy atom. The fourth-order valence-electron chi connectivity index (χ4n) is 4.13. The lowest BCUT2D eigenvalue weighted by atomic mass is 9.93. The first kappa shape index (κ1) is 20.4. The van der Waals surface area contributed by atoms with Gasteiger partial charge in [0.05, 0.1) is 24.6 Å². The molecule has 7 nitrogen and oxygen atoms in total. The third kappa shape index (κ3) is 3.68. The monoisotopic (exact) mass is 414 g/mol. The summed E-state index contributed by atoms with van der Waals surface area (Å²) in [5.74, 6) is -0.656. The number of amides is 1. The summed E-state index contributed by atoms with van der Waals surface area (Å²) in [5.41, 5.74) is 3.29. The van der Waals surface area contributed by atoms with Gasteiger partial charge in [-0.05, 0) is 31.4 Å². The topological polar surface area (TPSA) is 79.7 Å². The average molecular weight is 414 g/mol. The molecule has 0 radical (unpaired) electrons. The van der Waals surface area contributed by atoms with Gasteiger partial charge in [-0.25, -0.2) is 9.83 Å². The molecule has 156 valence electrons. The minimum atomic E-state index is -0.592. The van der Waals surface area contributed by atoms with Crippen LogP contribution in [0.15, 0.2) is 54.4 Å². The summed E-state index contributed by atoms with van der Waals surface area (Å²) in [4.78, 5) is 38.6. The number of ketones is 1. The number of hydrogen-bond acceptors (Lipinski definition) is 4. The number of pyridine rings is 1. The van der Waals surface area contributed by atoms with E-state index in [4.69, 9.17) is 11.3 Å². The number of rotatable bonds is 4. The first-order chi connectivity index (χ1) is 15.0. The van der Waals surface area contributed by atoms with Crippen molar-refractivity contribution < 1.29 is 14.3 Å². The van der Waals surface area contributed by atoms with Crippen LogP contribution in [0.1, 0.15) is 35.7 Å². The number of nitrogens with zero attached hydrogens (tertiary/aromatic N) is 3. The maximum Gasteiger partial charge on any atom is 0.295 e. The van der Waals surface area contributed by atoms with E-state index in [0.717, 1.165) is 11.1 Å². The Hall–Kier alpha value is -3.92. The number of fused-ring (bicyclic) bond motifs is 1. The predicted octanol–water partition coefficient (Wildman–Crippen LogP) is 4.10. The predicted molar refractivity (Wildman–Crippen MR) is 117 cm³/mol.